The van der Waals surface area contributed by atoms with Crippen LogP contribution in [-0.2, 0) is 0 Å². The number of H-pyrrole nitrogens is 1. The predicted octanol–water partition coefficient (Wildman–Crippen LogP) is 4.87. The molecule has 0 fully saturated rings. The van der Waals surface area contributed by atoms with Crippen LogP contribution in [0.15, 0.2) is 54.7 Å². The maximum absolute atomic E-state index is 5.31. The SMILES string of the molecule is Cc1ccc(-c2ccc3c(=S)cc[nH]c3c2)cc1. The first-order valence-corrected chi connectivity index (χ1v) is 6.33. The van der Waals surface area contributed by atoms with Crippen LogP contribution in [0.2, 0.25) is 0 Å². The van der Waals surface area contributed by atoms with Crippen LogP contribution in [0.25, 0.3) is 22.0 Å². The zero-order chi connectivity index (χ0) is 12.5. The Hall–Kier alpha value is -1.93. The summed E-state index contributed by atoms with van der Waals surface area (Å²) < 4.78 is 0.888. The molecule has 3 rings (SSSR count). The molecule has 0 amide bonds. The molecule has 0 atom stereocenters. The van der Waals surface area contributed by atoms with Crippen molar-refractivity contribution < 1.29 is 0 Å². The molecule has 0 saturated heterocycles. The first kappa shape index (κ1) is 11.2. The first-order chi connectivity index (χ1) is 8.74. The van der Waals surface area contributed by atoms with Gasteiger partial charge in [-0.05, 0) is 30.2 Å². The summed E-state index contributed by atoms with van der Waals surface area (Å²) in [5.41, 5.74) is 4.80. The van der Waals surface area contributed by atoms with Gasteiger partial charge in [0.05, 0.1) is 0 Å². The molecule has 0 aliphatic rings. The number of fused-ring (bicyclic) bond motifs is 1. The third-order valence-corrected chi connectivity index (χ3v) is 3.50. The monoisotopic (exact) mass is 251 g/mol. The largest absolute Gasteiger partial charge is 0.361 e. The van der Waals surface area contributed by atoms with Gasteiger partial charge in [0.1, 0.15) is 0 Å². The molecule has 0 spiro atoms. The number of rotatable bonds is 1. The van der Waals surface area contributed by atoms with Gasteiger partial charge in [-0.1, -0.05) is 54.2 Å². The van der Waals surface area contributed by atoms with E-state index in [2.05, 4.69) is 54.4 Å². The Morgan fingerprint density at radius 2 is 1.61 bits per heavy atom. The number of benzene rings is 2. The second kappa shape index (κ2) is 4.39. The average molecular weight is 251 g/mol. The van der Waals surface area contributed by atoms with Crippen LogP contribution in [0.4, 0.5) is 0 Å². The highest BCUT2D eigenvalue weighted by molar-refractivity contribution is 7.71. The third kappa shape index (κ3) is 1.95. The van der Waals surface area contributed by atoms with Crippen molar-refractivity contribution in [3.8, 4) is 11.1 Å². The number of pyridine rings is 1. The Balaban J connectivity index is 2.19. The zero-order valence-corrected chi connectivity index (χ0v) is 10.9. The minimum absolute atomic E-state index is 0.888. The van der Waals surface area contributed by atoms with Gasteiger partial charge in [0.2, 0.25) is 0 Å². The topological polar surface area (TPSA) is 15.8 Å². The Kier molecular flexibility index (Phi) is 2.73. The van der Waals surface area contributed by atoms with Crippen molar-refractivity contribution >= 4 is 23.1 Å². The molecule has 0 radical (unpaired) electrons. The summed E-state index contributed by atoms with van der Waals surface area (Å²) in [7, 11) is 0. The van der Waals surface area contributed by atoms with E-state index in [0.29, 0.717) is 0 Å². The smallest absolute Gasteiger partial charge is 0.0484 e. The molecule has 1 heterocycles. The highest BCUT2D eigenvalue weighted by atomic mass is 32.1. The second-order valence-electron chi connectivity index (χ2n) is 4.47. The Morgan fingerprint density at radius 3 is 2.39 bits per heavy atom. The standard InChI is InChI=1S/C16H13NS/c1-11-2-4-12(5-3-11)13-6-7-14-15(10-13)17-9-8-16(14)18/h2-10H,1H3,(H,17,18). The predicted molar refractivity (Wildman–Crippen MR) is 79.3 cm³/mol. The van der Waals surface area contributed by atoms with Crippen LogP contribution in [0.3, 0.4) is 0 Å². The molecule has 1 N–H and O–H groups in total. The van der Waals surface area contributed by atoms with E-state index in [9.17, 15) is 0 Å². The normalized spacial score (nSPS) is 10.7. The van der Waals surface area contributed by atoms with Gasteiger partial charge in [0.25, 0.3) is 0 Å². The van der Waals surface area contributed by atoms with Gasteiger partial charge in [-0.25, -0.2) is 0 Å². The molecule has 0 saturated carbocycles. The molecule has 0 bridgehead atoms. The van der Waals surface area contributed by atoms with Gasteiger partial charge in [-0.15, -0.1) is 0 Å². The molecule has 2 heteroatoms. The second-order valence-corrected chi connectivity index (χ2v) is 4.91. The third-order valence-electron chi connectivity index (χ3n) is 3.14. The van der Waals surface area contributed by atoms with Crippen LogP contribution in [0, 0.1) is 11.4 Å². The van der Waals surface area contributed by atoms with E-state index in [-0.39, 0.29) is 0 Å². The number of aromatic amines is 1. The molecule has 0 aliphatic carbocycles. The molecule has 2 aromatic carbocycles. The lowest BCUT2D eigenvalue weighted by Gasteiger charge is -2.05. The summed E-state index contributed by atoms with van der Waals surface area (Å²) >= 11 is 5.31. The van der Waals surface area contributed by atoms with Gasteiger partial charge < -0.3 is 4.98 Å². The zero-order valence-electron chi connectivity index (χ0n) is 10.1. The van der Waals surface area contributed by atoms with Crippen molar-refractivity contribution in [1.82, 2.24) is 4.98 Å². The van der Waals surface area contributed by atoms with Crippen LogP contribution in [0.1, 0.15) is 5.56 Å². The molecule has 0 aliphatic heterocycles. The van der Waals surface area contributed by atoms with Crippen molar-refractivity contribution in [2.45, 2.75) is 6.92 Å². The first-order valence-electron chi connectivity index (χ1n) is 5.92. The molecule has 88 valence electrons. The highest BCUT2D eigenvalue weighted by Gasteiger charge is 2.00. The fraction of sp³-hybridized carbons (Fsp3) is 0.0625. The van der Waals surface area contributed by atoms with Crippen LogP contribution >= 0.6 is 12.2 Å². The number of aryl methyl sites for hydroxylation is 1. The lowest BCUT2D eigenvalue weighted by atomic mass is 10.0. The van der Waals surface area contributed by atoms with Gasteiger partial charge in [-0.3, -0.25) is 0 Å². The summed E-state index contributed by atoms with van der Waals surface area (Å²) in [6.45, 7) is 2.10. The maximum Gasteiger partial charge on any atom is 0.0484 e. The van der Waals surface area contributed by atoms with E-state index in [1.54, 1.807) is 0 Å². The van der Waals surface area contributed by atoms with Crippen molar-refractivity contribution in [3.05, 3.63) is 64.8 Å². The van der Waals surface area contributed by atoms with Crippen LogP contribution in [-0.4, -0.2) is 4.98 Å². The lowest BCUT2D eigenvalue weighted by molar-refractivity contribution is 1.40. The van der Waals surface area contributed by atoms with Gasteiger partial charge >= 0.3 is 0 Å². The van der Waals surface area contributed by atoms with Crippen molar-refractivity contribution in [3.63, 3.8) is 0 Å². The van der Waals surface area contributed by atoms with E-state index >= 15 is 0 Å². The van der Waals surface area contributed by atoms with Crippen LogP contribution in [0.5, 0.6) is 0 Å². The molecule has 0 unspecified atom stereocenters. The Bertz CT molecular complexity index is 754. The fourth-order valence-electron chi connectivity index (χ4n) is 2.10. The van der Waals surface area contributed by atoms with E-state index in [1.165, 1.54) is 16.7 Å². The quantitative estimate of drug-likeness (QED) is 0.610. The number of hydrogen-bond acceptors (Lipinski definition) is 1. The van der Waals surface area contributed by atoms with Gasteiger partial charge in [0, 0.05) is 21.6 Å². The average Bonchev–Trinajstić information content (AvgIpc) is 2.39. The van der Waals surface area contributed by atoms with E-state index in [1.807, 2.05) is 12.3 Å². The number of aromatic nitrogens is 1. The number of nitrogens with one attached hydrogen (secondary N) is 1. The molecular formula is C16H13NS. The fourth-order valence-corrected chi connectivity index (χ4v) is 2.35. The minimum Gasteiger partial charge on any atom is -0.361 e. The summed E-state index contributed by atoms with van der Waals surface area (Å²) in [6, 6.07) is 16.8. The maximum atomic E-state index is 5.31. The highest BCUT2D eigenvalue weighted by Crippen LogP contribution is 2.24. The molecule has 18 heavy (non-hydrogen) atoms. The molecular weight excluding hydrogens is 238 g/mol. The lowest BCUT2D eigenvalue weighted by Crippen LogP contribution is -1.82. The molecule has 3 aromatic rings. The molecule has 1 aromatic heterocycles. The Labute approximate surface area is 111 Å². The van der Waals surface area contributed by atoms with E-state index in [4.69, 9.17) is 12.2 Å². The van der Waals surface area contributed by atoms with Crippen molar-refractivity contribution in [2.24, 2.45) is 0 Å². The van der Waals surface area contributed by atoms with E-state index < -0.39 is 0 Å². The van der Waals surface area contributed by atoms with Crippen molar-refractivity contribution in [2.75, 3.05) is 0 Å². The number of hydrogen-bond donors (Lipinski definition) is 1. The van der Waals surface area contributed by atoms with Crippen molar-refractivity contribution in [1.29, 1.82) is 0 Å². The summed E-state index contributed by atoms with van der Waals surface area (Å²) in [5.74, 6) is 0. The summed E-state index contributed by atoms with van der Waals surface area (Å²) in [6.07, 6.45) is 1.89. The van der Waals surface area contributed by atoms with Crippen LogP contribution < -0.4 is 0 Å². The van der Waals surface area contributed by atoms with E-state index in [0.717, 1.165) is 15.4 Å². The van der Waals surface area contributed by atoms with Gasteiger partial charge in [0.15, 0.2) is 0 Å². The summed E-state index contributed by atoms with van der Waals surface area (Å²) in [4.78, 5) is 3.25. The molecule has 1 nitrogen and oxygen atoms in total. The Morgan fingerprint density at radius 1 is 0.889 bits per heavy atom. The van der Waals surface area contributed by atoms with Gasteiger partial charge in [-0.2, -0.15) is 0 Å². The minimum atomic E-state index is 0.888. The summed E-state index contributed by atoms with van der Waals surface area (Å²) in [5, 5.41) is 1.10.